The molecule has 88 valence electrons. The van der Waals surface area contributed by atoms with Gasteiger partial charge in [-0.3, -0.25) is 0 Å². The zero-order chi connectivity index (χ0) is 11.7. The van der Waals surface area contributed by atoms with E-state index in [-0.39, 0.29) is 0 Å². The van der Waals surface area contributed by atoms with Crippen LogP contribution >= 0.6 is 0 Å². The third-order valence-electron chi connectivity index (χ3n) is 2.76. The number of benzene rings is 1. The fourth-order valence-corrected chi connectivity index (χ4v) is 1.75. The third-order valence-corrected chi connectivity index (χ3v) is 2.76. The van der Waals surface area contributed by atoms with Crippen LogP contribution in [-0.4, -0.2) is 16.3 Å². The second-order valence-electron chi connectivity index (χ2n) is 3.92. The Balaban J connectivity index is 1.72. The van der Waals surface area contributed by atoms with Crippen molar-refractivity contribution in [2.75, 3.05) is 12.1 Å². The van der Waals surface area contributed by atoms with Gasteiger partial charge in [0.2, 0.25) is 6.79 Å². The molecule has 0 radical (unpaired) electrons. The molecule has 0 fully saturated rings. The zero-order valence-electron chi connectivity index (χ0n) is 9.51. The fourth-order valence-electron chi connectivity index (χ4n) is 1.75. The van der Waals surface area contributed by atoms with Gasteiger partial charge in [0, 0.05) is 25.0 Å². The lowest BCUT2D eigenvalue weighted by atomic mass is 10.2. The first-order chi connectivity index (χ1) is 8.33. The van der Waals surface area contributed by atoms with Gasteiger partial charge in [-0.2, -0.15) is 0 Å². The number of nitrogens with one attached hydrogen (secondary N) is 1. The van der Waals surface area contributed by atoms with Crippen LogP contribution in [0, 0.1) is 0 Å². The smallest absolute Gasteiger partial charge is 0.231 e. The second-order valence-corrected chi connectivity index (χ2v) is 3.92. The van der Waals surface area contributed by atoms with E-state index in [2.05, 4.69) is 10.3 Å². The highest BCUT2D eigenvalue weighted by atomic mass is 16.7. The predicted molar refractivity (Wildman–Crippen MR) is 63.1 cm³/mol. The SMILES string of the molecule is Cn1cncc1CNc1ccc2c(c1)OCO2. The summed E-state index contributed by atoms with van der Waals surface area (Å²) in [7, 11) is 1.98. The largest absolute Gasteiger partial charge is 0.454 e. The van der Waals surface area contributed by atoms with Crippen molar-refractivity contribution in [1.82, 2.24) is 9.55 Å². The molecule has 5 heteroatoms. The molecule has 2 aromatic rings. The lowest BCUT2D eigenvalue weighted by Crippen LogP contribution is -2.03. The van der Waals surface area contributed by atoms with Gasteiger partial charge in [0.1, 0.15) is 0 Å². The van der Waals surface area contributed by atoms with Crippen molar-refractivity contribution in [3.05, 3.63) is 36.4 Å². The van der Waals surface area contributed by atoms with Gasteiger partial charge in [-0.05, 0) is 12.1 Å². The number of aromatic nitrogens is 2. The van der Waals surface area contributed by atoms with E-state index in [1.54, 1.807) is 6.33 Å². The summed E-state index contributed by atoms with van der Waals surface area (Å²) in [6.45, 7) is 1.04. The minimum absolute atomic E-state index is 0.306. The van der Waals surface area contributed by atoms with E-state index < -0.39 is 0 Å². The highest BCUT2D eigenvalue weighted by Gasteiger charge is 2.12. The molecule has 1 aromatic carbocycles. The van der Waals surface area contributed by atoms with Crippen molar-refractivity contribution in [3.63, 3.8) is 0 Å². The van der Waals surface area contributed by atoms with Crippen LogP contribution in [0.25, 0.3) is 0 Å². The quantitative estimate of drug-likeness (QED) is 0.874. The van der Waals surface area contributed by atoms with Gasteiger partial charge in [0.05, 0.1) is 18.6 Å². The van der Waals surface area contributed by atoms with E-state index in [9.17, 15) is 0 Å². The number of hydrogen-bond donors (Lipinski definition) is 1. The molecular formula is C12H13N3O2. The lowest BCUT2D eigenvalue weighted by molar-refractivity contribution is 0.174. The number of aryl methyl sites for hydroxylation is 1. The Morgan fingerprint density at radius 2 is 2.24 bits per heavy atom. The van der Waals surface area contributed by atoms with Crippen molar-refractivity contribution < 1.29 is 9.47 Å². The standard InChI is InChI=1S/C12H13N3O2/c1-15-7-13-5-10(15)6-14-9-2-3-11-12(4-9)17-8-16-11/h2-5,7,14H,6,8H2,1H3. The first-order valence-electron chi connectivity index (χ1n) is 5.41. The first-order valence-corrected chi connectivity index (χ1v) is 5.41. The van der Waals surface area contributed by atoms with Crippen molar-refractivity contribution in [1.29, 1.82) is 0 Å². The molecule has 0 amide bonds. The summed E-state index contributed by atoms with van der Waals surface area (Å²) in [6.07, 6.45) is 3.64. The third kappa shape index (κ3) is 1.91. The average Bonchev–Trinajstić information content (AvgIpc) is 2.94. The Morgan fingerprint density at radius 1 is 1.35 bits per heavy atom. The fraction of sp³-hybridized carbons (Fsp3) is 0.250. The van der Waals surface area contributed by atoms with E-state index in [0.29, 0.717) is 6.79 Å². The Hall–Kier alpha value is -2.17. The summed E-state index contributed by atoms with van der Waals surface area (Å²) in [5.74, 6) is 1.59. The Kier molecular flexibility index (Phi) is 2.36. The topological polar surface area (TPSA) is 48.3 Å². The lowest BCUT2D eigenvalue weighted by Gasteiger charge is -2.07. The molecule has 1 aliphatic heterocycles. The Morgan fingerprint density at radius 3 is 3.06 bits per heavy atom. The molecule has 2 heterocycles. The second kappa shape index (κ2) is 4.01. The van der Waals surface area contributed by atoms with Crippen LogP contribution in [0.4, 0.5) is 5.69 Å². The molecule has 0 saturated carbocycles. The maximum absolute atomic E-state index is 5.32. The molecule has 0 bridgehead atoms. The van der Waals surface area contributed by atoms with Crippen LogP contribution in [0.15, 0.2) is 30.7 Å². The summed E-state index contributed by atoms with van der Waals surface area (Å²) < 4.78 is 12.6. The molecule has 0 atom stereocenters. The van der Waals surface area contributed by atoms with Gasteiger partial charge in [0.25, 0.3) is 0 Å². The van der Waals surface area contributed by atoms with Crippen molar-refractivity contribution >= 4 is 5.69 Å². The van der Waals surface area contributed by atoms with Crippen molar-refractivity contribution in [2.45, 2.75) is 6.54 Å². The highest BCUT2D eigenvalue weighted by Crippen LogP contribution is 2.34. The highest BCUT2D eigenvalue weighted by molar-refractivity contribution is 5.55. The predicted octanol–water partition coefficient (Wildman–Crippen LogP) is 1.76. The van der Waals surface area contributed by atoms with Crippen LogP contribution in [0.3, 0.4) is 0 Å². The number of hydrogen-bond acceptors (Lipinski definition) is 4. The van der Waals surface area contributed by atoms with E-state index in [1.165, 1.54) is 0 Å². The van der Waals surface area contributed by atoms with Gasteiger partial charge >= 0.3 is 0 Å². The molecule has 5 nitrogen and oxygen atoms in total. The van der Waals surface area contributed by atoms with Crippen LogP contribution < -0.4 is 14.8 Å². The van der Waals surface area contributed by atoms with E-state index in [0.717, 1.165) is 29.4 Å². The van der Waals surface area contributed by atoms with Crippen molar-refractivity contribution in [3.8, 4) is 11.5 Å². The van der Waals surface area contributed by atoms with Gasteiger partial charge in [0.15, 0.2) is 11.5 Å². The van der Waals surface area contributed by atoms with Crippen LogP contribution in [-0.2, 0) is 13.6 Å². The van der Waals surface area contributed by atoms with Crippen molar-refractivity contribution in [2.24, 2.45) is 7.05 Å². The molecule has 0 saturated heterocycles. The number of ether oxygens (including phenoxy) is 2. The average molecular weight is 231 g/mol. The molecule has 1 aromatic heterocycles. The number of rotatable bonds is 3. The monoisotopic (exact) mass is 231 g/mol. The van der Waals surface area contributed by atoms with E-state index >= 15 is 0 Å². The molecule has 3 rings (SSSR count). The maximum atomic E-state index is 5.32. The summed E-state index contributed by atoms with van der Waals surface area (Å²) >= 11 is 0. The molecular weight excluding hydrogens is 218 g/mol. The van der Waals surface area contributed by atoms with Crippen LogP contribution in [0.2, 0.25) is 0 Å². The normalized spacial score (nSPS) is 12.8. The summed E-state index contributed by atoms with van der Waals surface area (Å²) in [4.78, 5) is 4.07. The van der Waals surface area contributed by atoms with E-state index in [4.69, 9.17) is 9.47 Å². The Labute approximate surface area is 99.0 Å². The van der Waals surface area contributed by atoms with Gasteiger partial charge in [-0.25, -0.2) is 4.98 Å². The minimum Gasteiger partial charge on any atom is -0.454 e. The number of nitrogens with zero attached hydrogens (tertiary/aromatic N) is 2. The summed E-state index contributed by atoms with van der Waals surface area (Å²) in [5.41, 5.74) is 2.14. The number of anilines is 1. The van der Waals surface area contributed by atoms with Gasteiger partial charge in [-0.1, -0.05) is 0 Å². The molecule has 1 aliphatic rings. The number of fused-ring (bicyclic) bond motifs is 1. The molecule has 0 aliphatic carbocycles. The summed E-state index contributed by atoms with van der Waals surface area (Å²) in [5, 5.41) is 3.32. The number of imidazole rings is 1. The van der Waals surface area contributed by atoms with Crippen LogP contribution in [0.1, 0.15) is 5.69 Å². The van der Waals surface area contributed by atoms with Gasteiger partial charge < -0.3 is 19.4 Å². The zero-order valence-corrected chi connectivity index (χ0v) is 9.51. The maximum Gasteiger partial charge on any atom is 0.231 e. The van der Waals surface area contributed by atoms with E-state index in [1.807, 2.05) is 36.0 Å². The van der Waals surface area contributed by atoms with Crippen LogP contribution in [0.5, 0.6) is 11.5 Å². The Bertz CT molecular complexity index is 536. The molecule has 1 N–H and O–H groups in total. The molecule has 0 unspecified atom stereocenters. The molecule has 0 spiro atoms. The summed E-state index contributed by atoms with van der Waals surface area (Å²) in [6, 6.07) is 5.83. The minimum atomic E-state index is 0.306. The van der Waals surface area contributed by atoms with Gasteiger partial charge in [-0.15, -0.1) is 0 Å². The first kappa shape index (κ1) is 10.0. The molecule has 17 heavy (non-hydrogen) atoms.